The number of aromatic nitrogens is 2. The summed E-state index contributed by atoms with van der Waals surface area (Å²) >= 11 is 11.9. The fourth-order valence-electron chi connectivity index (χ4n) is 5.14. The highest BCUT2D eigenvalue weighted by atomic mass is 35.5. The van der Waals surface area contributed by atoms with Gasteiger partial charge < -0.3 is 19.7 Å². The van der Waals surface area contributed by atoms with Gasteiger partial charge in [0.25, 0.3) is 0 Å². The van der Waals surface area contributed by atoms with Gasteiger partial charge in [-0.15, -0.1) is 0 Å². The summed E-state index contributed by atoms with van der Waals surface area (Å²) in [6.45, 7) is 5.98. The molecule has 3 aromatic rings. The van der Waals surface area contributed by atoms with Crippen LogP contribution in [0.5, 0.6) is 11.5 Å². The van der Waals surface area contributed by atoms with E-state index in [1.54, 1.807) is 12.1 Å². The molecule has 1 amide bonds. The van der Waals surface area contributed by atoms with Crippen LogP contribution in [0, 0.1) is 5.82 Å². The number of halogens is 3. The summed E-state index contributed by atoms with van der Waals surface area (Å²) in [7, 11) is 0. The number of carbonyl (C=O) groups excluding carboxylic acids is 1. The van der Waals surface area contributed by atoms with E-state index >= 15 is 0 Å². The second kappa shape index (κ2) is 10.1. The van der Waals surface area contributed by atoms with Gasteiger partial charge in [0.05, 0.1) is 27.9 Å². The lowest BCUT2D eigenvalue weighted by Crippen LogP contribution is -2.48. The largest absolute Gasteiger partial charge is 0.490 e. The Morgan fingerprint density at radius 3 is 2.67 bits per heavy atom. The zero-order valence-electron chi connectivity index (χ0n) is 19.6. The molecule has 36 heavy (non-hydrogen) atoms. The van der Waals surface area contributed by atoms with Crippen molar-refractivity contribution in [2.75, 3.05) is 11.9 Å². The van der Waals surface area contributed by atoms with E-state index < -0.39 is 5.82 Å². The molecule has 3 heterocycles. The molecular weight excluding hydrogens is 506 g/mol. The molecule has 0 saturated carbocycles. The molecule has 2 saturated heterocycles. The van der Waals surface area contributed by atoms with Crippen molar-refractivity contribution in [3.8, 4) is 11.5 Å². The van der Waals surface area contributed by atoms with Crippen LogP contribution in [0.2, 0.25) is 10.0 Å². The molecule has 7 nitrogen and oxygen atoms in total. The van der Waals surface area contributed by atoms with E-state index in [0.29, 0.717) is 34.8 Å². The second-order valence-corrected chi connectivity index (χ2v) is 9.65. The summed E-state index contributed by atoms with van der Waals surface area (Å²) in [6.07, 6.45) is 6.06. The zero-order valence-corrected chi connectivity index (χ0v) is 21.2. The molecule has 10 heteroatoms. The van der Waals surface area contributed by atoms with Crippen molar-refractivity contribution in [1.82, 2.24) is 14.9 Å². The molecular formula is C26H25Cl2FN4O3. The highest BCUT2D eigenvalue weighted by Gasteiger charge is 2.43. The van der Waals surface area contributed by atoms with E-state index in [2.05, 4.69) is 21.9 Å². The first-order valence-corrected chi connectivity index (χ1v) is 12.6. The number of amides is 1. The standard InChI is InChI=1S/C26H25Cl2FN4O3/c1-3-23(34)33-14-5-6-15(33)10-16(9-14)36-22-11-17-20(12-21(22)35-4-2)30-13-31-26(17)32-19-8-7-18(27)24(28)25(19)29/h3,7-8,11-16H,1,4-6,9-10H2,2H3,(H,30,31,32). The molecule has 0 aliphatic carbocycles. The number of hydrogen-bond acceptors (Lipinski definition) is 6. The van der Waals surface area contributed by atoms with E-state index in [-0.39, 0.29) is 39.8 Å². The van der Waals surface area contributed by atoms with Crippen LogP contribution in [0.25, 0.3) is 10.9 Å². The van der Waals surface area contributed by atoms with Gasteiger partial charge in [-0.2, -0.15) is 0 Å². The lowest BCUT2D eigenvalue weighted by molar-refractivity contribution is -0.131. The quantitative estimate of drug-likeness (QED) is 0.285. The van der Waals surface area contributed by atoms with Crippen LogP contribution in [0.4, 0.5) is 15.9 Å². The Morgan fingerprint density at radius 2 is 1.97 bits per heavy atom. The van der Waals surface area contributed by atoms with Crippen LogP contribution in [0.1, 0.15) is 32.6 Å². The van der Waals surface area contributed by atoms with Crippen molar-refractivity contribution in [3.05, 3.63) is 59.1 Å². The number of carbonyl (C=O) groups is 1. The number of nitrogens with zero attached hydrogens (tertiary/aromatic N) is 3. The van der Waals surface area contributed by atoms with E-state index in [1.807, 2.05) is 11.8 Å². The van der Waals surface area contributed by atoms with Crippen molar-refractivity contribution < 1.29 is 18.7 Å². The fourth-order valence-corrected chi connectivity index (χ4v) is 5.45. The Bertz CT molecular complexity index is 1320. The van der Waals surface area contributed by atoms with Gasteiger partial charge in [0.15, 0.2) is 17.3 Å². The number of piperidine rings is 1. The maximum atomic E-state index is 14.7. The van der Waals surface area contributed by atoms with E-state index in [1.165, 1.54) is 24.5 Å². The number of hydrogen-bond donors (Lipinski definition) is 1. The third-order valence-electron chi connectivity index (χ3n) is 6.70. The van der Waals surface area contributed by atoms with Gasteiger partial charge >= 0.3 is 0 Å². The summed E-state index contributed by atoms with van der Waals surface area (Å²) in [5.74, 6) is 0.799. The van der Waals surface area contributed by atoms with Crippen LogP contribution >= 0.6 is 23.2 Å². The average Bonchev–Trinajstić information content (AvgIpc) is 3.14. The van der Waals surface area contributed by atoms with Gasteiger partial charge in [0.1, 0.15) is 18.2 Å². The van der Waals surface area contributed by atoms with Gasteiger partial charge in [-0.1, -0.05) is 29.8 Å². The minimum absolute atomic E-state index is 0.0240. The summed E-state index contributed by atoms with van der Waals surface area (Å²) < 4.78 is 27.0. The average molecular weight is 531 g/mol. The molecule has 0 radical (unpaired) electrons. The number of ether oxygens (including phenoxy) is 2. The van der Waals surface area contributed by atoms with E-state index in [9.17, 15) is 9.18 Å². The Balaban J connectivity index is 1.47. The molecule has 2 aliphatic heterocycles. The fraction of sp³-hybridized carbons (Fsp3) is 0.346. The first-order chi connectivity index (χ1) is 17.4. The number of nitrogens with one attached hydrogen (secondary N) is 1. The maximum Gasteiger partial charge on any atom is 0.246 e. The second-order valence-electron chi connectivity index (χ2n) is 8.87. The molecule has 1 aromatic heterocycles. The number of benzene rings is 2. The molecule has 2 unspecified atom stereocenters. The van der Waals surface area contributed by atoms with Gasteiger partial charge in [-0.05, 0) is 44.0 Å². The maximum absolute atomic E-state index is 14.7. The smallest absolute Gasteiger partial charge is 0.246 e. The molecule has 1 N–H and O–H groups in total. The molecule has 2 bridgehead atoms. The first-order valence-electron chi connectivity index (χ1n) is 11.8. The number of rotatable bonds is 7. The summed E-state index contributed by atoms with van der Waals surface area (Å²) in [6, 6.07) is 6.87. The minimum atomic E-state index is -0.672. The molecule has 188 valence electrons. The Hall–Kier alpha value is -3.10. The summed E-state index contributed by atoms with van der Waals surface area (Å²) in [5.41, 5.74) is 0.742. The minimum Gasteiger partial charge on any atom is -0.490 e. The topological polar surface area (TPSA) is 76.6 Å². The van der Waals surface area contributed by atoms with Crippen molar-refractivity contribution >= 4 is 51.5 Å². The van der Waals surface area contributed by atoms with Crippen LogP contribution in [0.3, 0.4) is 0 Å². The molecule has 2 atom stereocenters. The third-order valence-corrected chi connectivity index (χ3v) is 7.48. The number of fused-ring (bicyclic) bond motifs is 3. The number of anilines is 2. The van der Waals surface area contributed by atoms with Crippen LogP contribution < -0.4 is 14.8 Å². The van der Waals surface area contributed by atoms with E-state index in [0.717, 1.165) is 25.7 Å². The molecule has 2 fully saturated rings. The van der Waals surface area contributed by atoms with Gasteiger partial charge in [0.2, 0.25) is 5.91 Å². The molecule has 5 rings (SSSR count). The Morgan fingerprint density at radius 1 is 1.22 bits per heavy atom. The normalized spacial score (nSPS) is 20.9. The van der Waals surface area contributed by atoms with Gasteiger partial charge in [-0.3, -0.25) is 4.79 Å². The Kier molecular flexibility index (Phi) is 6.90. The first kappa shape index (κ1) is 24.6. The Labute approximate surface area is 218 Å². The third kappa shape index (κ3) is 4.55. The lowest BCUT2D eigenvalue weighted by atomic mass is 9.99. The van der Waals surface area contributed by atoms with Crippen molar-refractivity contribution in [1.29, 1.82) is 0 Å². The highest BCUT2D eigenvalue weighted by Crippen LogP contribution is 2.41. The van der Waals surface area contributed by atoms with Crippen LogP contribution in [-0.4, -0.2) is 45.6 Å². The van der Waals surface area contributed by atoms with Crippen molar-refractivity contribution in [2.45, 2.75) is 50.8 Å². The molecule has 0 spiro atoms. The highest BCUT2D eigenvalue weighted by molar-refractivity contribution is 6.42. The predicted molar refractivity (Wildman–Crippen MR) is 138 cm³/mol. The monoisotopic (exact) mass is 530 g/mol. The van der Waals surface area contributed by atoms with Crippen LogP contribution in [0.15, 0.2) is 43.2 Å². The van der Waals surface area contributed by atoms with Gasteiger partial charge in [-0.25, -0.2) is 14.4 Å². The van der Waals surface area contributed by atoms with Crippen molar-refractivity contribution in [2.24, 2.45) is 0 Å². The van der Waals surface area contributed by atoms with E-state index in [4.69, 9.17) is 32.7 Å². The lowest BCUT2D eigenvalue weighted by Gasteiger charge is -2.38. The molecule has 2 aliphatic rings. The summed E-state index contributed by atoms with van der Waals surface area (Å²) in [5, 5.41) is 3.58. The summed E-state index contributed by atoms with van der Waals surface area (Å²) in [4.78, 5) is 22.9. The van der Waals surface area contributed by atoms with Crippen molar-refractivity contribution in [3.63, 3.8) is 0 Å². The zero-order chi connectivity index (χ0) is 25.4. The van der Waals surface area contributed by atoms with Crippen LogP contribution in [-0.2, 0) is 4.79 Å². The molecule has 2 aromatic carbocycles. The SMILES string of the molecule is C=CC(=O)N1C2CCC1CC(Oc1cc3c(Nc4ccc(Cl)c(Cl)c4F)ncnc3cc1OCC)C2. The predicted octanol–water partition coefficient (Wildman–Crippen LogP) is 6.30. The van der Waals surface area contributed by atoms with Gasteiger partial charge in [0, 0.05) is 36.4 Å².